The van der Waals surface area contributed by atoms with Gasteiger partial charge in [0.05, 0.1) is 0 Å². The van der Waals surface area contributed by atoms with E-state index in [2.05, 4.69) is 34.1 Å². The van der Waals surface area contributed by atoms with Gasteiger partial charge in [0.25, 0.3) is 0 Å². The van der Waals surface area contributed by atoms with Crippen molar-refractivity contribution in [2.45, 2.75) is 88.8 Å². The Kier molecular flexibility index (Phi) is 6.29. The molecule has 0 N–H and O–H groups in total. The molecule has 3 aliphatic heterocycles. The van der Waals surface area contributed by atoms with Crippen LogP contribution in [0.1, 0.15) is 76.2 Å². The van der Waals surface area contributed by atoms with Gasteiger partial charge in [-0.25, -0.2) is 9.97 Å². The molecule has 2 unspecified atom stereocenters. The average Bonchev–Trinajstić information content (AvgIpc) is 3.05. The van der Waals surface area contributed by atoms with E-state index in [0.717, 1.165) is 31.5 Å². The van der Waals surface area contributed by atoms with Gasteiger partial charge in [0, 0.05) is 50.0 Å². The molecule has 170 valence electrons. The lowest BCUT2D eigenvalue weighted by Crippen LogP contribution is -2.53. The quantitative estimate of drug-likeness (QED) is 0.720. The number of hydrogen-bond acceptors (Lipinski definition) is 6. The fourth-order valence-electron chi connectivity index (χ4n) is 6.83. The van der Waals surface area contributed by atoms with Crippen molar-refractivity contribution in [1.29, 1.82) is 0 Å². The van der Waals surface area contributed by atoms with Crippen LogP contribution in [0, 0.1) is 5.92 Å². The van der Waals surface area contributed by atoms with Gasteiger partial charge in [0.1, 0.15) is 5.78 Å². The normalized spacial score (nSPS) is 33.0. The Morgan fingerprint density at radius 2 is 1.48 bits per heavy atom. The zero-order valence-corrected chi connectivity index (χ0v) is 19.4. The number of nitrogens with zero attached hydrogens (tertiary/aromatic N) is 5. The van der Waals surface area contributed by atoms with Crippen LogP contribution in [-0.2, 0) is 4.79 Å². The number of ketones is 1. The predicted molar refractivity (Wildman–Crippen MR) is 123 cm³/mol. The van der Waals surface area contributed by atoms with Crippen LogP contribution < -0.4 is 4.90 Å². The van der Waals surface area contributed by atoms with Gasteiger partial charge in [-0.1, -0.05) is 0 Å². The van der Waals surface area contributed by atoms with Crippen LogP contribution >= 0.6 is 0 Å². The highest BCUT2D eigenvalue weighted by Crippen LogP contribution is 2.36. The van der Waals surface area contributed by atoms with Gasteiger partial charge in [0.2, 0.25) is 5.95 Å². The fraction of sp³-hybridized carbons (Fsp3) is 0.800. The van der Waals surface area contributed by atoms with Gasteiger partial charge < -0.3 is 19.5 Å². The molecule has 2 atom stereocenters. The van der Waals surface area contributed by atoms with E-state index in [1.807, 2.05) is 0 Å². The van der Waals surface area contributed by atoms with Crippen LogP contribution in [0.2, 0.25) is 0 Å². The number of aromatic nitrogens is 2. The molecule has 4 heterocycles. The average molecular weight is 426 g/mol. The third kappa shape index (κ3) is 4.65. The van der Waals surface area contributed by atoms with Crippen molar-refractivity contribution in [2.75, 3.05) is 38.1 Å². The Balaban J connectivity index is 1.13. The van der Waals surface area contributed by atoms with Gasteiger partial charge in [0.15, 0.2) is 0 Å². The van der Waals surface area contributed by atoms with E-state index in [1.54, 1.807) is 6.92 Å². The maximum absolute atomic E-state index is 11.4. The Labute approximate surface area is 187 Å². The largest absolute Gasteiger partial charge is 0.332 e. The summed E-state index contributed by atoms with van der Waals surface area (Å²) in [6, 6.07) is 1.90. The SMILES string of the molecule is CC(=O)C[C@H]1CC[C@H](N2CCC(c3cnc(N4C5CCC4CN(C)C5)nc3)CC2)CC1. The minimum atomic E-state index is 0.359. The Bertz CT molecular complexity index is 738. The lowest BCUT2D eigenvalue weighted by atomic mass is 9.81. The summed E-state index contributed by atoms with van der Waals surface area (Å²) in [5.74, 6) is 2.54. The molecule has 31 heavy (non-hydrogen) atoms. The highest BCUT2D eigenvalue weighted by atomic mass is 16.1. The highest BCUT2D eigenvalue weighted by molar-refractivity contribution is 5.75. The number of anilines is 1. The molecule has 3 saturated heterocycles. The summed E-state index contributed by atoms with van der Waals surface area (Å²) in [6.07, 6.45) is 15.0. The summed E-state index contributed by atoms with van der Waals surface area (Å²) in [7, 11) is 2.23. The lowest BCUT2D eigenvalue weighted by molar-refractivity contribution is -0.118. The number of hydrogen-bond donors (Lipinski definition) is 0. The summed E-state index contributed by atoms with van der Waals surface area (Å²) in [5.41, 5.74) is 1.33. The monoisotopic (exact) mass is 425 g/mol. The standard InChI is InChI=1S/C25H39N5O/c1-18(31)13-19-3-5-22(6-4-19)29-11-9-20(10-12-29)21-14-26-25(27-15-21)30-23-7-8-24(30)17-28(2)16-23/h14-15,19-20,22-24H,3-13,16-17H2,1-2H3/t19-,22-,23?,24?. The highest BCUT2D eigenvalue weighted by Gasteiger charge is 2.40. The van der Waals surface area contributed by atoms with Crippen molar-refractivity contribution >= 4 is 11.7 Å². The first-order valence-corrected chi connectivity index (χ1v) is 12.6. The first-order valence-electron chi connectivity index (χ1n) is 12.6. The van der Waals surface area contributed by atoms with Crippen LogP contribution in [0.3, 0.4) is 0 Å². The Morgan fingerprint density at radius 3 is 2.06 bits per heavy atom. The smallest absolute Gasteiger partial charge is 0.225 e. The number of piperazine rings is 1. The van der Waals surface area contributed by atoms with Crippen molar-refractivity contribution in [3.8, 4) is 0 Å². The second-order valence-corrected chi connectivity index (χ2v) is 10.7. The van der Waals surface area contributed by atoms with Crippen molar-refractivity contribution in [3.63, 3.8) is 0 Å². The molecule has 1 aromatic rings. The third-order valence-electron chi connectivity index (χ3n) is 8.46. The predicted octanol–water partition coefficient (Wildman–Crippen LogP) is 3.48. The van der Waals surface area contributed by atoms with Crippen molar-refractivity contribution in [3.05, 3.63) is 18.0 Å². The van der Waals surface area contributed by atoms with E-state index in [4.69, 9.17) is 9.97 Å². The van der Waals surface area contributed by atoms with Crippen LogP contribution in [0.25, 0.3) is 0 Å². The number of carbonyl (C=O) groups excluding carboxylic acids is 1. The summed E-state index contributed by atoms with van der Waals surface area (Å²) < 4.78 is 0. The fourth-order valence-corrected chi connectivity index (χ4v) is 6.83. The first-order chi connectivity index (χ1) is 15.1. The van der Waals surface area contributed by atoms with Crippen LogP contribution in [0.4, 0.5) is 5.95 Å². The molecule has 0 aromatic carbocycles. The van der Waals surface area contributed by atoms with Crippen LogP contribution in [-0.4, -0.2) is 76.9 Å². The van der Waals surface area contributed by atoms with Crippen LogP contribution in [0.15, 0.2) is 12.4 Å². The maximum atomic E-state index is 11.4. The molecule has 0 radical (unpaired) electrons. The molecule has 0 amide bonds. The first kappa shape index (κ1) is 21.3. The van der Waals surface area contributed by atoms with Gasteiger partial charge in [-0.05, 0) is 95.8 Å². The maximum Gasteiger partial charge on any atom is 0.225 e. The van der Waals surface area contributed by atoms with E-state index < -0.39 is 0 Å². The molecule has 6 nitrogen and oxygen atoms in total. The minimum absolute atomic E-state index is 0.359. The second-order valence-electron chi connectivity index (χ2n) is 10.7. The van der Waals surface area contributed by atoms with Crippen LogP contribution in [0.5, 0.6) is 0 Å². The molecule has 4 fully saturated rings. The number of fused-ring (bicyclic) bond motifs is 2. The summed E-state index contributed by atoms with van der Waals surface area (Å²) >= 11 is 0. The summed E-state index contributed by atoms with van der Waals surface area (Å²) in [4.78, 5) is 28.7. The number of likely N-dealkylation sites (N-methyl/N-ethyl adjacent to an activating group) is 1. The molecule has 1 aromatic heterocycles. The molecule has 6 heteroatoms. The zero-order chi connectivity index (χ0) is 21.4. The van der Waals surface area contributed by atoms with Gasteiger partial charge in [-0.2, -0.15) is 0 Å². The number of likely N-dealkylation sites (tertiary alicyclic amines) is 2. The van der Waals surface area contributed by atoms with Crippen molar-refractivity contribution < 1.29 is 4.79 Å². The van der Waals surface area contributed by atoms with Gasteiger partial charge >= 0.3 is 0 Å². The van der Waals surface area contributed by atoms with E-state index >= 15 is 0 Å². The molecule has 5 rings (SSSR count). The Hall–Kier alpha value is -1.53. The molecule has 2 bridgehead atoms. The number of Topliss-reactive ketones (excluding diaryl/α,β-unsaturated/α-hetero) is 1. The second kappa shape index (κ2) is 9.14. The molecule has 0 spiro atoms. The number of carbonyl (C=O) groups is 1. The summed E-state index contributed by atoms with van der Waals surface area (Å²) in [5, 5.41) is 0. The van der Waals surface area contributed by atoms with E-state index in [0.29, 0.717) is 29.7 Å². The lowest BCUT2D eigenvalue weighted by Gasteiger charge is -2.41. The van der Waals surface area contributed by atoms with Crippen molar-refractivity contribution in [1.82, 2.24) is 19.8 Å². The molecular formula is C25H39N5O. The van der Waals surface area contributed by atoms with E-state index in [9.17, 15) is 4.79 Å². The molecular weight excluding hydrogens is 386 g/mol. The third-order valence-corrected chi connectivity index (χ3v) is 8.46. The zero-order valence-electron chi connectivity index (χ0n) is 19.4. The van der Waals surface area contributed by atoms with E-state index in [1.165, 1.54) is 70.0 Å². The van der Waals surface area contributed by atoms with Gasteiger partial charge in [-0.3, -0.25) is 0 Å². The number of rotatable bonds is 5. The van der Waals surface area contributed by atoms with E-state index in [-0.39, 0.29) is 0 Å². The Morgan fingerprint density at radius 1 is 0.903 bits per heavy atom. The number of piperidine rings is 1. The van der Waals surface area contributed by atoms with Crippen molar-refractivity contribution in [2.24, 2.45) is 5.92 Å². The minimum Gasteiger partial charge on any atom is -0.332 e. The molecule has 1 saturated carbocycles. The topological polar surface area (TPSA) is 52.6 Å². The van der Waals surface area contributed by atoms with Gasteiger partial charge in [-0.15, -0.1) is 0 Å². The molecule has 4 aliphatic rings. The molecule has 1 aliphatic carbocycles. The summed E-state index contributed by atoms with van der Waals surface area (Å²) in [6.45, 7) is 6.39.